The highest BCUT2D eigenvalue weighted by atomic mass is 35.5. The molecule has 0 amide bonds. The van der Waals surface area contributed by atoms with Crippen molar-refractivity contribution in [2.45, 2.75) is 11.6 Å². The van der Waals surface area contributed by atoms with Crippen molar-refractivity contribution in [1.29, 1.82) is 0 Å². The first-order valence-electron chi connectivity index (χ1n) is 5.45. The van der Waals surface area contributed by atoms with Gasteiger partial charge in [-0.25, -0.2) is 0 Å². The van der Waals surface area contributed by atoms with Gasteiger partial charge in [-0.05, 0) is 7.05 Å². The van der Waals surface area contributed by atoms with Crippen LogP contribution >= 0.6 is 11.6 Å². The van der Waals surface area contributed by atoms with Crippen LogP contribution in [0.3, 0.4) is 0 Å². The van der Waals surface area contributed by atoms with Crippen LogP contribution in [0, 0.1) is 0 Å². The molecule has 0 aliphatic carbocycles. The Bertz CT molecular complexity index is 388. The van der Waals surface area contributed by atoms with Gasteiger partial charge in [0.2, 0.25) is 0 Å². The van der Waals surface area contributed by atoms with E-state index in [-0.39, 0.29) is 18.1 Å². The number of hydrogen-bond donors (Lipinski definition) is 0. The Kier molecular flexibility index (Phi) is 4.15. The molecule has 1 aliphatic rings. The van der Waals surface area contributed by atoms with E-state index in [0.717, 1.165) is 6.54 Å². The first-order valence-corrected chi connectivity index (χ1v) is 5.89. The molecule has 7 nitrogen and oxygen atoms in total. The van der Waals surface area contributed by atoms with Gasteiger partial charge in [-0.15, -0.1) is 4.98 Å². The molecule has 0 bridgehead atoms. The number of aromatic nitrogens is 3. The van der Waals surface area contributed by atoms with Crippen molar-refractivity contribution in [3.63, 3.8) is 0 Å². The van der Waals surface area contributed by atoms with Crippen molar-refractivity contribution in [3.8, 4) is 12.0 Å². The minimum absolute atomic E-state index is 0.194. The van der Waals surface area contributed by atoms with Gasteiger partial charge in [0.1, 0.15) is 6.04 Å². The Hall–Kier alpha value is -1.18. The SMILES string of the molecule is COc1nc(OC)nc(C2C(Cl)OCCN2C)n1. The minimum Gasteiger partial charge on any atom is -0.467 e. The highest BCUT2D eigenvalue weighted by Gasteiger charge is 2.33. The van der Waals surface area contributed by atoms with Crippen LogP contribution in [0.1, 0.15) is 11.9 Å². The van der Waals surface area contributed by atoms with Crippen molar-refractivity contribution in [1.82, 2.24) is 19.9 Å². The summed E-state index contributed by atoms with van der Waals surface area (Å²) in [7, 11) is 4.90. The number of rotatable bonds is 3. The average Bonchev–Trinajstić information content (AvgIpc) is 2.38. The molecular formula is C10H15ClN4O3. The number of likely N-dealkylation sites (N-methyl/N-ethyl adjacent to an activating group) is 1. The summed E-state index contributed by atoms with van der Waals surface area (Å²) >= 11 is 6.16. The van der Waals surface area contributed by atoms with Crippen LogP contribution in [0.5, 0.6) is 12.0 Å². The van der Waals surface area contributed by atoms with Gasteiger partial charge in [-0.1, -0.05) is 11.6 Å². The monoisotopic (exact) mass is 274 g/mol. The normalized spacial score (nSPS) is 24.9. The van der Waals surface area contributed by atoms with Gasteiger partial charge in [0.25, 0.3) is 0 Å². The number of nitrogens with zero attached hydrogens (tertiary/aromatic N) is 4. The van der Waals surface area contributed by atoms with E-state index in [2.05, 4.69) is 15.0 Å². The highest BCUT2D eigenvalue weighted by molar-refractivity contribution is 6.20. The second-order valence-electron chi connectivity index (χ2n) is 3.81. The molecule has 0 saturated carbocycles. The molecule has 2 rings (SSSR count). The molecule has 2 heterocycles. The summed E-state index contributed by atoms with van der Waals surface area (Å²) in [6, 6.07) is 0.130. The highest BCUT2D eigenvalue weighted by Crippen LogP contribution is 2.29. The average molecular weight is 275 g/mol. The third-order valence-electron chi connectivity index (χ3n) is 2.69. The molecule has 1 aromatic rings. The van der Waals surface area contributed by atoms with E-state index in [0.29, 0.717) is 12.4 Å². The largest absolute Gasteiger partial charge is 0.467 e. The minimum atomic E-state index is -0.513. The van der Waals surface area contributed by atoms with Crippen LogP contribution in [0.15, 0.2) is 0 Å². The summed E-state index contributed by atoms with van der Waals surface area (Å²) in [5.74, 6) is 0.473. The summed E-state index contributed by atoms with van der Waals surface area (Å²) in [6.07, 6.45) is 0. The standard InChI is InChI=1S/C10H15ClN4O3/c1-15-4-5-18-7(11)6(15)8-12-9(16-2)14-10(13-8)17-3/h6-7H,4-5H2,1-3H3. The summed E-state index contributed by atoms with van der Waals surface area (Å²) in [5, 5.41) is 0. The van der Waals surface area contributed by atoms with E-state index < -0.39 is 5.56 Å². The quantitative estimate of drug-likeness (QED) is 0.742. The fourth-order valence-corrected chi connectivity index (χ4v) is 2.12. The molecule has 0 aromatic carbocycles. The first-order chi connectivity index (χ1) is 8.65. The molecule has 1 fully saturated rings. The van der Waals surface area contributed by atoms with E-state index >= 15 is 0 Å². The van der Waals surface area contributed by atoms with Crippen molar-refractivity contribution >= 4 is 11.6 Å². The zero-order valence-corrected chi connectivity index (χ0v) is 11.2. The third-order valence-corrected chi connectivity index (χ3v) is 3.05. The van der Waals surface area contributed by atoms with Crippen molar-refractivity contribution < 1.29 is 14.2 Å². The molecule has 1 aromatic heterocycles. The molecule has 0 N–H and O–H groups in total. The van der Waals surface area contributed by atoms with Crippen LogP contribution < -0.4 is 9.47 Å². The molecule has 0 spiro atoms. The molecular weight excluding hydrogens is 260 g/mol. The fraction of sp³-hybridized carbons (Fsp3) is 0.700. The topological polar surface area (TPSA) is 69.6 Å². The van der Waals surface area contributed by atoms with Crippen molar-refractivity contribution in [3.05, 3.63) is 5.82 Å². The van der Waals surface area contributed by atoms with Gasteiger partial charge in [-0.3, -0.25) is 4.90 Å². The first kappa shape index (κ1) is 13.3. The zero-order chi connectivity index (χ0) is 13.1. The molecule has 0 radical (unpaired) electrons. The Morgan fingerprint density at radius 2 is 1.83 bits per heavy atom. The second-order valence-corrected chi connectivity index (χ2v) is 4.24. The summed E-state index contributed by atoms with van der Waals surface area (Å²) < 4.78 is 15.4. The number of ether oxygens (including phenoxy) is 3. The molecule has 1 saturated heterocycles. The third kappa shape index (κ3) is 2.63. The van der Waals surface area contributed by atoms with Gasteiger partial charge in [0, 0.05) is 6.54 Å². The van der Waals surface area contributed by atoms with Crippen LogP contribution in [0.25, 0.3) is 0 Å². The Balaban J connectivity index is 2.35. The zero-order valence-electron chi connectivity index (χ0n) is 10.5. The summed E-state index contributed by atoms with van der Waals surface area (Å²) in [6.45, 7) is 1.34. The maximum atomic E-state index is 6.16. The van der Waals surface area contributed by atoms with E-state index in [1.807, 2.05) is 11.9 Å². The lowest BCUT2D eigenvalue weighted by molar-refractivity contribution is -0.0234. The lowest BCUT2D eigenvalue weighted by atomic mass is 10.2. The Labute approximate surface area is 110 Å². The van der Waals surface area contributed by atoms with Gasteiger partial charge in [0.05, 0.1) is 20.8 Å². The summed E-state index contributed by atoms with van der Waals surface area (Å²) in [5.41, 5.74) is -0.513. The number of hydrogen-bond acceptors (Lipinski definition) is 7. The van der Waals surface area contributed by atoms with Crippen LogP contribution in [0.2, 0.25) is 0 Å². The Morgan fingerprint density at radius 1 is 1.22 bits per heavy atom. The van der Waals surface area contributed by atoms with Crippen molar-refractivity contribution in [2.24, 2.45) is 0 Å². The number of alkyl halides is 1. The van der Waals surface area contributed by atoms with Crippen LogP contribution in [-0.2, 0) is 4.74 Å². The van der Waals surface area contributed by atoms with E-state index in [1.165, 1.54) is 14.2 Å². The van der Waals surface area contributed by atoms with Gasteiger partial charge in [0.15, 0.2) is 11.4 Å². The predicted octanol–water partition coefficient (Wildman–Crippen LogP) is 0.457. The maximum absolute atomic E-state index is 6.16. The predicted molar refractivity (Wildman–Crippen MR) is 63.9 cm³/mol. The van der Waals surface area contributed by atoms with Gasteiger partial charge < -0.3 is 14.2 Å². The molecule has 2 atom stereocenters. The van der Waals surface area contributed by atoms with E-state index in [9.17, 15) is 0 Å². The van der Waals surface area contributed by atoms with Crippen LogP contribution in [-0.4, -0.2) is 59.8 Å². The smallest absolute Gasteiger partial charge is 0.322 e. The summed E-state index contributed by atoms with van der Waals surface area (Å²) in [4.78, 5) is 14.4. The molecule has 8 heteroatoms. The van der Waals surface area contributed by atoms with Crippen LogP contribution in [0.4, 0.5) is 0 Å². The maximum Gasteiger partial charge on any atom is 0.322 e. The van der Waals surface area contributed by atoms with Crippen molar-refractivity contribution in [2.75, 3.05) is 34.4 Å². The Morgan fingerprint density at radius 3 is 2.33 bits per heavy atom. The second kappa shape index (κ2) is 5.64. The van der Waals surface area contributed by atoms with Gasteiger partial charge >= 0.3 is 12.0 Å². The fourth-order valence-electron chi connectivity index (χ4n) is 1.72. The number of methoxy groups -OCH3 is 2. The lowest BCUT2D eigenvalue weighted by Gasteiger charge is -2.34. The molecule has 1 aliphatic heterocycles. The number of morpholine rings is 1. The molecule has 2 unspecified atom stereocenters. The molecule has 18 heavy (non-hydrogen) atoms. The molecule has 100 valence electrons. The lowest BCUT2D eigenvalue weighted by Crippen LogP contribution is -2.41. The van der Waals surface area contributed by atoms with E-state index in [4.69, 9.17) is 25.8 Å². The van der Waals surface area contributed by atoms with Gasteiger partial charge in [-0.2, -0.15) is 9.97 Å². The number of halogens is 1. The van der Waals surface area contributed by atoms with E-state index in [1.54, 1.807) is 0 Å².